The van der Waals surface area contributed by atoms with E-state index in [9.17, 15) is 9.59 Å². The molecule has 0 spiro atoms. The highest BCUT2D eigenvalue weighted by atomic mass is 16.5. The number of benzene rings is 1. The van der Waals surface area contributed by atoms with Gasteiger partial charge in [-0.1, -0.05) is 18.2 Å². The minimum absolute atomic E-state index is 0.118. The summed E-state index contributed by atoms with van der Waals surface area (Å²) in [6.45, 7) is 4.18. The van der Waals surface area contributed by atoms with Crippen LogP contribution in [0.2, 0.25) is 0 Å². The Bertz CT molecular complexity index is 756. The predicted octanol–water partition coefficient (Wildman–Crippen LogP) is 1.85. The summed E-state index contributed by atoms with van der Waals surface area (Å²) < 4.78 is 5.41. The van der Waals surface area contributed by atoms with Crippen molar-refractivity contribution in [3.05, 3.63) is 46.2 Å². The average molecular weight is 315 g/mol. The van der Waals surface area contributed by atoms with Gasteiger partial charge < -0.3 is 19.9 Å². The molecular formula is C17H21N3O3. The number of H-pyrrole nitrogens is 1. The molecule has 0 radical (unpaired) electrons. The van der Waals surface area contributed by atoms with Gasteiger partial charge in [-0.2, -0.15) is 0 Å². The third-order valence-electron chi connectivity index (χ3n) is 4.22. The fourth-order valence-electron chi connectivity index (χ4n) is 2.89. The van der Waals surface area contributed by atoms with E-state index in [-0.39, 0.29) is 17.6 Å². The number of aromatic nitrogens is 1. The minimum atomic E-state index is -0.163. The van der Waals surface area contributed by atoms with Crippen molar-refractivity contribution < 1.29 is 9.53 Å². The van der Waals surface area contributed by atoms with Gasteiger partial charge in [0.1, 0.15) is 0 Å². The zero-order valence-electron chi connectivity index (χ0n) is 13.2. The molecule has 23 heavy (non-hydrogen) atoms. The third-order valence-corrected chi connectivity index (χ3v) is 4.22. The van der Waals surface area contributed by atoms with Crippen LogP contribution in [0, 0.1) is 0 Å². The molecule has 1 atom stereocenters. The monoisotopic (exact) mass is 315 g/mol. The summed E-state index contributed by atoms with van der Waals surface area (Å²) in [5.74, 6) is 0. The summed E-state index contributed by atoms with van der Waals surface area (Å²) in [5, 5.41) is 3.87. The lowest BCUT2D eigenvalue weighted by molar-refractivity contribution is 0.142. The molecule has 6 nitrogen and oxygen atoms in total. The van der Waals surface area contributed by atoms with Crippen molar-refractivity contribution in [2.24, 2.45) is 0 Å². The zero-order valence-corrected chi connectivity index (χ0v) is 13.2. The van der Waals surface area contributed by atoms with Crippen molar-refractivity contribution >= 4 is 16.9 Å². The second-order valence-electron chi connectivity index (χ2n) is 5.81. The highest BCUT2D eigenvalue weighted by Crippen LogP contribution is 2.15. The normalized spacial score (nSPS) is 18.7. The van der Waals surface area contributed by atoms with Gasteiger partial charge in [0.05, 0.1) is 6.61 Å². The molecule has 0 bridgehead atoms. The molecule has 1 saturated heterocycles. The van der Waals surface area contributed by atoms with Crippen molar-refractivity contribution in [3.8, 4) is 0 Å². The Morgan fingerprint density at radius 3 is 3.09 bits per heavy atom. The molecule has 2 amide bonds. The van der Waals surface area contributed by atoms with Gasteiger partial charge in [0.25, 0.3) is 0 Å². The Balaban J connectivity index is 1.75. The number of urea groups is 1. The summed E-state index contributed by atoms with van der Waals surface area (Å²) in [6.07, 6.45) is 0.835. The number of aromatic amines is 1. The molecule has 1 aromatic heterocycles. The predicted molar refractivity (Wildman–Crippen MR) is 88.4 cm³/mol. The molecule has 3 rings (SSSR count). The molecule has 1 aliphatic heterocycles. The quantitative estimate of drug-likeness (QED) is 0.888. The van der Waals surface area contributed by atoms with Crippen molar-refractivity contribution in [1.29, 1.82) is 0 Å². The van der Waals surface area contributed by atoms with Gasteiger partial charge in [0.2, 0.25) is 5.56 Å². The van der Waals surface area contributed by atoms with Crippen molar-refractivity contribution in [1.82, 2.24) is 15.2 Å². The van der Waals surface area contributed by atoms with Crippen LogP contribution in [0.5, 0.6) is 0 Å². The Kier molecular flexibility index (Phi) is 4.62. The number of nitrogens with zero attached hydrogens (tertiary/aromatic N) is 1. The zero-order chi connectivity index (χ0) is 16.2. The fraction of sp³-hybridized carbons (Fsp3) is 0.412. The van der Waals surface area contributed by atoms with Crippen LogP contribution in [-0.4, -0.2) is 41.7 Å². The average Bonchev–Trinajstić information content (AvgIpc) is 2.76. The van der Waals surface area contributed by atoms with Crippen LogP contribution in [0.1, 0.15) is 18.9 Å². The second kappa shape index (κ2) is 6.83. The number of pyridine rings is 1. The molecule has 6 heteroatoms. The molecule has 1 aromatic carbocycles. The van der Waals surface area contributed by atoms with Gasteiger partial charge in [0, 0.05) is 42.7 Å². The molecule has 1 fully saturated rings. The minimum Gasteiger partial charge on any atom is -0.380 e. The lowest BCUT2D eigenvalue weighted by atomic mass is 10.1. The number of ether oxygens (including phenoxy) is 1. The lowest BCUT2D eigenvalue weighted by Crippen LogP contribution is -2.45. The van der Waals surface area contributed by atoms with E-state index < -0.39 is 0 Å². The van der Waals surface area contributed by atoms with Crippen LogP contribution in [0.25, 0.3) is 10.9 Å². The van der Waals surface area contributed by atoms with Crippen LogP contribution in [-0.2, 0) is 11.3 Å². The van der Waals surface area contributed by atoms with Crippen LogP contribution < -0.4 is 10.9 Å². The number of fused-ring (bicyclic) bond motifs is 1. The largest absolute Gasteiger partial charge is 0.380 e. The number of hydrogen-bond donors (Lipinski definition) is 2. The SMILES string of the molecule is C[C@@H]1CCOCCN1C(=O)NCc1cc(=O)[nH]c2ccccc12. The number of para-hydroxylation sites is 1. The van der Waals surface area contributed by atoms with Gasteiger partial charge in [-0.05, 0) is 25.0 Å². The maximum Gasteiger partial charge on any atom is 0.317 e. The van der Waals surface area contributed by atoms with E-state index in [2.05, 4.69) is 10.3 Å². The van der Waals surface area contributed by atoms with Gasteiger partial charge in [-0.3, -0.25) is 4.79 Å². The maximum absolute atomic E-state index is 12.4. The van der Waals surface area contributed by atoms with Crippen molar-refractivity contribution in [2.75, 3.05) is 19.8 Å². The first kappa shape index (κ1) is 15.6. The Hall–Kier alpha value is -2.34. The smallest absolute Gasteiger partial charge is 0.317 e. The van der Waals surface area contributed by atoms with E-state index in [1.54, 1.807) is 4.90 Å². The summed E-state index contributed by atoms with van der Waals surface area (Å²) in [6, 6.07) is 9.16. The van der Waals surface area contributed by atoms with E-state index in [1.807, 2.05) is 31.2 Å². The summed E-state index contributed by atoms with van der Waals surface area (Å²) in [5.41, 5.74) is 1.43. The second-order valence-corrected chi connectivity index (χ2v) is 5.81. The van der Waals surface area contributed by atoms with Crippen LogP contribution >= 0.6 is 0 Å². The standard InChI is InChI=1S/C17H21N3O3/c1-12-6-8-23-9-7-20(12)17(22)18-11-13-10-16(21)19-15-5-3-2-4-14(13)15/h2-5,10,12H,6-9,11H2,1H3,(H,18,22)(H,19,21)/t12-/m1/s1. The third kappa shape index (κ3) is 3.53. The van der Waals surface area contributed by atoms with Gasteiger partial charge in [-0.15, -0.1) is 0 Å². The first-order valence-electron chi connectivity index (χ1n) is 7.88. The summed E-state index contributed by atoms with van der Waals surface area (Å²) in [4.78, 5) is 28.8. The Morgan fingerprint density at radius 1 is 1.39 bits per heavy atom. The van der Waals surface area contributed by atoms with Crippen LogP contribution in [0.4, 0.5) is 4.79 Å². The van der Waals surface area contributed by atoms with Gasteiger partial charge in [-0.25, -0.2) is 4.79 Å². The van der Waals surface area contributed by atoms with E-state index in [0.717, 1.165) is 22.9 Å². The highest BCUT2D eigenvalue weighted by Gasteiger charge is 2.22. The van der Waals surface area contributed by atoms with Crippen LogP contribution in [0.15, 0.2) is 35.1 Å². The first-order chi connectivity index (χ1) is 11.1. The summed E-state index contributed by atoms with van der Waals surface area (Å²) in [7, 11) is 0. The van der Waals surface area contributed by atoms with E-state index in [0.29, 0.717) is 26.3 Å². The number of hydrogen-bond acceptors (Lipinski definition) is 3. The molecular weight excluding hydrogens is 294 g/mol. The maximum atomic E-state index is 12.4. The lowest BCUT2D eigenvalue weighted by Gasteiger charge is -2.26. The number of rotatable bonds is 2. The molecule has 2 aromatic rings. The molecule has 0 aliphatic carbocycles. The fourth-order valence-corrected chi connectivity index (χ4v) is 2.89. The van der Waals surface area contributed by atoms with E-state index in [4.69, 9.17) is 4.74 Å². The number of carbonyl (C=O) groups is 1. The molecule has 2 heterocycles. The van der Waals surface area contributed by atoms with Crippen molar-refractivity contribution in [3.63, 3.8) is 0 Å². The summed E-state index contributed by atoms with van der Waals surface area (Å²) >= 11 is 0. The van der Waals surface area contributed by atoms with E-state index >= 15 is 0 Å². The number of amides is 2. The molecule has 122 valence electrons. The Labute approximate surface area is 134 Å². The van der Waals surface area contributed by atoms with E-state index in [1.165, 1.54) is 6.07 Å². The van der Waals surface area contributed by atoms with Gasteiger partial charge in [0.15, 0.2) is 0 Å². The number of carbonyl (C=O) groups excluding carboxylic acids is 1. The first-order valence-corrected chi connectivity index (χ1v) is 7.88. The van der Waals surface area contributed by atoms with Crippen LogP contribution in [0.3, 0.4) is 0 Å². The molecule has 1 aliphatic rings. The molecule has 0 saturated carbocycles. The Morgan fingerprint density at radius 2 is 2.22 bits per heavy atom. The van der Waals surface area contributed by atoms with Gasteiger partial charge >= 0.3 is 6.03 Å². The molecule has 0 unspecified atom stereocenters. The highest BCUT2D eigenvalue weighted by molar-refractivity contribution is 5.82. The molecule has 2 N–H and O–H groups in total. The topological polar surface area (TPSA) is 74.4 Å². The van der Waals surface area contributed by atoms with Crippen molar-refractivity contribution in [2.45, 2.75) is 25.9 Å². The number of nitrogens with one attached hydrogen (secondary N) is 2.